The monoisotopic (exact) mass is 304 g/mol. The van der Waals surface area contributed by atoms with Crippen LogP contribution in [0.15, 0.2) is 6.07 Å². The Bertz CT molecular complexity index is 306. The summed E-state index contributed by atoms with van der Waals surface area (Å²) in [7, 11) is 0. The lowest BCUT2D eigenvalue weighted by molar-refractivity contribution is 0.145. The molecule has 0 fully saturated rings. The minimum absolute atomic E-state index is 0.0109. The molecular weight excluding hydrogens is 300 g/mol. The van der Waals surface area contributed by atoms with Crippen molar-refractivity contribution in [3.8, 4) is 0 Å². The molecule has 0 saturated heterocycles. The Morgan fingerprint density at radius 3 is 2.67 bits per heavy atom. The average Bonchev–Trinajstić information content (AvgIpc) is 1.96. The van der Waals surface area contributed by atoms with Gasteiger partial charge in [-0.05, 0) is 28.7 Å². The molecule has 0 aromatic carbocycles. The number of hydrogen-bond acceptors (Lipinski definition) is 2. The minimum Gasteiger partial charge on any atom is -0.398 e. The van der Waals surface area contributed by atoms with Gasteiger partial charge in [-0.25, -0.2) is 13.8 Å². The number of nitrogen functional groups attached to an aromatic ring is 1. The summed E-state index contributed by atoms with van der Waals surface area (Å²) in [5.74, 6) is 0. The maximum Gasteiger partial charge on any atom is 0.281 e. The van der Waals surface area contributed by atoms with Gasteiger partial charge in [0.05, 0.1) is 9.26 Å². The van der Waals surface area contributed by atoms with Crippen LogP contribution in [0.25, 0.3) is 0 Å². The molecule has 0 aliphatic rings. The number of aromatic nitrogens is 1. The Balaban J connectivity index is 3.28. The van der Waals surface area contributed by atoms with Crippen LogP contribution < -0.4 is 5.73 Å². The summed E-state index contributed by atoms with van der Waals surface area (Å²) in [6.07, 6.45) is -2.64. The van der Waals surface area contributed by atoms with Crippen molar-refractivity contribution >= 4 is 39.9 Å². The number of pyridine rings is 1. The van der Waals surface area contributed by atoms with Crippen LogP contribution in [-0.2, 0) is 0 Å². The molecular formula is C6H4ClF2IN2. The van der Waals surface area contributed by atoms with Crippen molar-refractivity contribution in [1.29, 1.82) is 0 Å². The molecule has 0 spiro atoms. The Labute approximate surface area is 86.3 Å². The molecule has 0 amide bonds. The Kier molecular flexibility index (Phi) is 3.05. The van der Waals surface area contributed by atoms with Gasteiger partial charge in [0.25, 0.3) is 6.43 Å². The maximum absolute atomic E-state index is 12.2. The van der Waals surface area contributed by atoms with E-state index in [1.54, 1.807) is 22.6 Å². The molecule has 0 unspecified atom stereocenters. The average molecular weight is 304 g/mol. The van der Waals surface area contributed by atoms with E-state index in [9.17, 15) is 8.78 Å². The van der Waals surface area contributed by atoms with Crippen molar-refractivity contribution in [2.24, 2.45) is 0 Å². The second-order valence-corrected chi connectivity index (χ2v) is 3.50. The number of anilines is 1. The molecule has 0 saturated carbocycles. The zero-order valence-electron chi connectivity index (χ0n) is 5.69. The van der Waals surface area contributed by atoms with Crippen LogP contribution in [0, 0.1) is 3.57 Å². The maximum atomic E-state index is 12.2. The number of rotatable bonds is 1. The summed E-state index contributed by atoms with van der Waals surface area (Å²) in [6, 6.07) is 1.34. The molecule has 2 N–H and O–H groups in total. The lowest BCUT2D eigenvalue weighted by Crippen LogP contribution is -1.99. The van der Waals surface area contributed by atoms with E-state index < -0.39 is 6.43 Å². The van der Waals surface area contributed by atoms with Gasteiger partial charge >= 0.3 is 0 Å². The van der Waals surface area contributed by atoms with Gasteiger partial charge in [-0.15, -0.1) is 0 Å². The third-order valence-electron chi connectivity index (χ3n) is 1.19. The Morgan fingerprint density at radius 1 is 1.58 bits per heavy atom. The zero-order chi connectivity index (χ0) is 9.30. The van der Waals surface area contributed by atoms with Crippen LogP contribution in [0.4, 0.5) is 14.5 Å². The van der Waals surface area contributed by atoms with Gasteiger partial charge in [-0.1, -0.05) is 11.6 Å². The van der Waals surface area contributed by atoms with Crippen LogP contribution in [0.5, 0.6) is 0 Å². The van der Waals surface area contributed by atoms with Crippen molar-refractivity contribution in [2.75, 3.05) is 5.73 Å². The molecule has 0 aliphatic carbocycles. The van der Waals surface area contributed by atoms with Crippen molar-refractivity contribution in [2.45, 2.75) is 6.43 Å². The first-order valence-electron chi connectivity index (χ1n) is 2.92. The van der Waals surface area contributed by atoms with Gasteiger partial charge in [0.2, 0.25) is 0 Å². The second-order valence-electron chi connectivity index (χ2n) is 2.03. The van der Waals surface area contributed by atoms with Gasteiger partial charge in [0.15, 0.2) is 0 Å². The van der Waals surface area contributed by atoms with Crippen LogP contribution >= 0.6 is 34.2 Å². The number of hydrogen-bond donors (Lipinski definition) is 1. The SMILES string of the molecule is Nc1cc(Cl)nc(C(F)F)c1I. The summed E-state index contributed by atoms with van der Waals surface area (Å²) in [5.41, 5.74) is 5.26. The Morgan fingerprint density at radius 2 is 2.17 bits per heavy atom. The van der Waals surface area contributed by atoms with E-state index in [1.165, 1.54) is 6.07 Å². The molecule has 0 radical (unpaired) electrons. The predicted molar refractivity (Wildman–Crippen MR) is 51.3 cm³/mol. The van der Waals surface area contributed by atoms with Gasteiger partial charge in [0.1, 0.15) is 10.8 Å². The van der Waals surface area contributed by atoms with Gasteiger partial charge in [-0.2, -0.15) is 0 Å². The highest BCUT2D eigenvalue weighted by Crippen LogP contribution is 2.28. The molecule has 1 heterocycles. The van der Waals surface area contributed by atoms with E-state index in [-0.39, 0.29) is 20.1 Å². The fraction of sp³-hybridized carbons (Fsp3) is 0.167. The topological polar surface area (TPSA) is 38.9 Å². The standard InChI is InChI=1S/C6H4ClF2IN2/c7-3-1-2(11)4(10)5(12-3)6(8)9/h1,6H,(H2,11,12). The van der Waals surface area contributed by atoms with E-state index in [4.69, 9.17) is 17.3 Å². The zero-order valence-corrected chi connectivity index (χ0v) is 8.60. The van der Waals surface area contributed by atoms with Crippen molar-refractivity contribution < 1.29 is 8.78 Å². The first kappa shape index (κ1) is 9.91. The van der Waals surface area contributed by atoms with Crippen molar-refractivity contribution in [3.63, 3.8) is 0 Å². The minimum atomic E-state index is -2.64. The summed E-state index contributed by atoms with van der Waals surface area (Å²) in [6.45, 7) is 0. The molecule has 0 atom stereocenters. The van der Waals surface area contributed by atoms with Crippen molar-refractivity contribution in [1.82, 2.24) is 4.98 Å². The molecule has 12 heavy (non-hydrogen) atoms. The first-order chi connectivity index (χ1) is 5.52. The molecule has 1 rings (SSSR count). The second kappa shape index (κ2) is 3.69. The highest BCUT2D eigenvalue weighted by molar-refractivity contribution is 14.1. The third kappa shape index (κ3) is 1.95. The smallest absolute Gasteiger partial charge is 0.281 e. The number of halogens is 4. The van der Waals surface area contributed by atoms with Crippen LogP contribution in [-0.4, -0.2) is 4.98 Å². The van der Waals surface area contributed by atoms with Gasteiger partial charge in [0, 0.05) is 0 Å². The van der Waals surface area contributed by atoms with E-state index in [0.29, 0.717) is 0 Å². The normalized spacial score (nSPS) is 10.8. The number of nitrogens with two attached hydrogens (primary N) is 1. The number of nitrogens with zero attached hydrogens (tertiary/aromatic N) is 1. The fourth-order valence-corrected chi connectivity index (χ4v) is 1.40. The lowest BCUT2D eigenvalue weighted by Gasteiger charge is -2.05. The molecule has 0 aliphatic heterocycles. The van der Waals surface area contributed by atoms with Gasteiger partial charge < -0.3 is 5.73 Å². The van der Waals surface area contributed by atoms with E-state index in [1.807, 2.05) is 0 Å². The summed E-state index contributed by atoms with van der Waals surface area (Å²) in [5, 5.41) is -0.0109. The molecule has 66 valence electrons. The molecule has 2 nitrogen and oxygen atoms in total. The summed E-state index contributed by atoms with van der Waals surface area (Å²) < 4.78 is 24.7. The molecule has 1 aromatic heterocycles. The largest absolute Gasteiger partial charge is 0.398 e. The van der Waals surface area contributed by atoms with Gasteiger partial charge in [-0.3, -0.25) is 0 Å². The number of alkyl halides is 2. The van der Waals surface area contributed by atoms with E-state index >= 15 is 0 Å². The van der Waals surface area contributed by atoms with Crippen molar-refractivity contribution in [3.05, 3.63) is 20.5 Å². The quantitative estimate of drug-likeness (QED) is 0.640. The Hall–Kier alpha value is -0.170. The van der Waals surface area contributed by atoms with Crippen LogP contribution in [0.1, 0.15) is 12.1 Å². The molecule has 0 bridgehead atoms. The van der Waals surface area contributed by atoms with Crippen LogP contribution in [0.2, 0.25) is 5.15 Å². The first-order valence-corrected chi connectivity index (χ1v) is 4.37. The highest BCUT2D eigenvalue weighted by Gasteiger charge is 2.16. The van der Waals surface area contributed by atoms with Crippen LogP contribution in [0.3, 0.4) is 0 Å². The fourth-order valence-electron chi connectivity index (χ4n) is 0.681. The summed E-state index contributed by atoms with van der Waals surface area (Å²) >= 11 is 7.15. The summed E-state index contributed by atoms with van der Waals surface area (Å²) in [4.78, 5) is 3.46. The van der Waals surface area contributed by atoms with E-state index in [0.717, 1.165) is 0 Å². The third-order valence-corrected chi connectivity index (χ3v) is 2.56. The molecule has 6 heteroatoms. The predicted octanol–water partition coefficient (Wildman–Crippen LogP) is 2.86. The highest BCUT2D eigenvalue weighted by atomic mass is 127. The lowest BCUT2D eigenvalue weighted by atomic mass is 10.3. The molecule has 1 aromatic rings. The van der Waals surface area contributed by atoms with E-state index in [2.05, 4.69) is 4.98 Å².